The Morgan fingerprint density at radius 3 is 2.36 bits per heavy atom. The van der Waals surface area contributed by atoms with E-state index in [4.69, 9.17) is 10.9 Å². The second-order valence-electron chi connectivity index (χ2n) is 4.28. The van der Waals surface area contributed by atoms with Crippen molar-refractivity contribution in [3.8, 4) is 0 Å². The molecule has 0 aromatic carbocycles. The lowest BCUT2D eigenvalue weighted by Gasteiger charge is -2.44. The van der Waals surface area contributed by atoms with Crippen LogP contribution in [0.3, 0.4) is 0 Å². The molecule has 0 bridgehead atoms. The van der Waals surface area contributed by atoms with E-state index in [2.05, 4.69) is 5.16 Å². The molecule has 1 aliphatic carbocycles. The van der Waals surface area contributed by atoms with Crippen molar-refractivity contribution in [3.05, 3.63) is 0 Å². The van der Waals surface area contributed by atoms with Gasteiger partial charge in [-0.25, -0.2) is 0 Å². The molecule has 1 aliphatic rings. The van der Waals surface area contributed by atoms with E-state index in [0.717, 1.165) is 0 Å². The van der Waals surface area contributed by atoms with Crippen molar-refractivity contribution < 1.29 is 10.0 Å². The predicted molar refractivity (Wildman–Crippen MR) is 52.9 cm³/mol. The smallest absolute Gasteiger partial charge is 0.236 e. The third kappa shape index (κ3) is 1.42. The van der Waals surface area contributed by atoms with E-state index < -0.39 is 5.41 Å². The molecule has 14 heavy (non-hydrogen) atoms. The largest absolute Gasteiger partial charge is 0.409 e. The van der Waals surface area contributed by atoms with Gasteiger partial charge >= 0.3 is 0 Å². The number of amidine groups is 1. The molecular formula is C9H17N3O2. The van der Waals surface area contributed by atoms with Gasteiger partial charge in [0.15, 0.2) is 5.84 Å². The molecule has 0 aromatic rings. The maximum Gasteiger partial charge on any atom is 0.236 e. The molecule has 5 heteroatoms. The third-order valence-electron chi connectivity index (χ3n) is 2.81. The van der Waals surface area contributed by atoms with Crippen LogP contribution < -0.4 is 5.73 Å². The van der Waals surface area contributed by atoms with E-state index in [1.165, 1.54) is 4.90 Å². The first kappa shape index (κ1) is 10.8. The zero-order chi connectivity index (χ0) is 10.9. The van der Waals surface area contributed by atoms with Gasteiger partial charge < -0.3 is 15.8 Å². The number of rotatable bonds is 2. The molecule has 3 N–H and O–H groups in total. The van der Waals surface area contributed by atoms with Crippen molar-refractivity contribution >= 4 is 11.7 Å². The summed E-state index contributed by atoms with van der Waals surface area (Å²) in [6.45, 7) is 2.05. The lowest BCUT2D eigenvalue weighted by atomic mass is 9.61. The Morgan fingerprint density at radius 1 is 1.57 bits per heavy atom. The number of hydrogen-bond donors (Lipinski definition) is 2. The normalized spacial score (nSPS) is 32.2. The van der Waals surface area contributed by atoms with E-state index in [9.17, 15) is 4.79 Å². The van der Waals surface area contributed by atoms with E-state index in [1.54, 1.807) is 14.1 Å². The molecule has 0 atom stereocenters. The van der Waals surface area contributed by atoms with E-state index in [0.29, 0.717) is 18.8 Å². The molecule has 0 heterocycles. The van der Waals surface area contributed by atoms with Gasteiger partial charge in [0.1, 0.15) is 5.41 Å². The maximum atomic E-state index is 11.8. The Hall–Kier alpha value is -1.26. The summed E-state index contributed by atoms with van der Waals surface area (Å²) in [6, 6.07) is 0. The molecule has 0 radical (unpaired) electrons. The summed E-state index contributed by atoms with van der Waals surface area (Å²) in [5.41, 5.74) is 4.81. The average molecular weight is 199 g/mol. The lowest BCUT2D eigenvalue weighted by Crippen LogP contribution is -2.56. The molecular weight excluding hydrogens is 182 g/mol. The van der Waals surface area contributed by atoms with Crippen LogP contribution >= 0.6 is 0 Å². The highest BCUT2D eigenvalue weighted by Crippen LogP contribution is 2.46. The minimum atomic E-state index is -0.752. The van der Waals surface area contributed by atoms with E-state index >= 15 is 0 Å². The summed E-state index contributed by atoms with van der Waals surface area (Å²) in [7, 11) is 3.36. The SMILES string of the molecule is CC1CC(C(=O)N(C)C)(/C(N)=N/O)C1. The molecule has 0 aromatic heterocycles. The maximum absolute atomic E-state index is 11.8. The Morgan fingerprint density at radius 2 is 2.07 bits per heavy atom. The van der Waals surface area contributed by atoms with Crippen LogP contribution in [0.2, 0.25) is 0 Å². The number of oxime groups is 1. The Balaban J connectivity index is 2.91. The first-order chi connectivity index (χ1) is 6.44. The number of carbonyl (C=O) groups is 1. The van der Waals surface area contributed by atoms with Crippen LogP contribution in [0.4, 0.5) is 0 Å². The van der Waals surface area contributed by atoms with Gasteiger partial charge in [-0.2, -0.15) is 0 Å². The fourth-order valence-electron chi connectivity index (χ4n) is 2.15. The molecule has 0 unspecified atom stereocenters. The van der Waals surface area contributed by atoms with Crippen LogP contribution in [0.25, 0.3) is 0 Å². The van der Waals surface area contributed by atoms with Crippen molar-refractivity contribution in [1.29, 1.82) is 0 Å². The zero-order valence-corrected chi connectivity index (χ0v) is 8.82. The minimum absolute atomic E-state index is 0.0364. The standard InChI is InChI=1S/C9H17N3O2/c1-6-4-9(5-6,7(10)11-14)8(13)12(2)3/h6,14H,4-5H2,1-3H3,(H2,10,11). The van der Waals surface area contributed by atoms with E-state index in [-0.39, 0.29) is 11.7 Å². The van der Waals surface area contributed by atoms with Crippen LogP contribution in [-0.2, 0) is 4.79 Å². The fourth-order valence-corrected chi connectivity index (χ4v) is 2.15. The lowest BCUT2D eigenvalue weighted by molar-refractivity contribution is -0.141. The Labute approximate surface area is 83.6 Å². The topological polar surface area (TPSA) is 78.9 Å². The van der Waals surface area contributed by atoms with Crippen LogP contribution in [0.5, 0.6) is 0 Å². The van der Waals surface area contributed by atoms with Crippen molar-refractivity contribution in [1.82, 2.24) is 4.90 Å². The molecule has 5 nitrogen and oxygen atoms in total. The molecule has 1 rings (SSSR count). The van der Waals surface area contributed by atoms with Crippen LogP contribution in [0.15, 0.2) is 5.16 Å². The molecule has 1 fully saturated rings. The van der Waals surface area contributed by atoms with Gasteiger partial charge in [-0.15, -0.1) is 0 Å². The minimum Gasteiger partial charge on any atom is -0.409 e. The van der Waals surface area contributed by atoms with Gasteiger partial charge in [0.2, 0.25) is 5.91 Å². The van der Waals surface area contributed by atoms with Crippen molar-refractivity contribution in [2.24, 2.45) is 22.2 Å². The summed E-state index contributed by atoms with van der Waals surface area (Å²) in [6.07, 6.45) is 1.33. The van der Waals surface area contributed by atoms with Gasteiger partial charge in [-0.05, 0) is 18.8 Å². The summed E-state index contributed by atoms with van der Waals surface area (Å²) >= 11 is 0. The van der Waals surface area contributed by atoms with Crippen molar-refractivity contribution in [2.75, 3.05) is 14.1 Å². The first-order valence-electron chi connectivity index (χ1n) is 4.64. The second kappa shape index (κ2) is 3.48. The molecule has 0 aliphatic heterocycles. The molecule has 0 spiro atoms. The number of carbonyl (C=O) groups excluding carboxylic acids is 1. The highest BCUT2D eigenvalue weighted by molar-refractivity contribution is 6.07. The van der Waals surface area contributed by atoms with Gasteiger partial charge in [-0.3, -0.25) is 4.79 Å². The van der Waals surface area contributed by atoms with Gasteiger partial charge in [0.25, 0.3) is 0 Å². The zero-order valence-electron chi connectivity index (χ0n) is 8.82. The summed E-state index contributed by atoms with van der Waals surface area (Å²) in [4.78, 5) is 13.3. The molecule has 1 saturated carbocycles. The molecule has 80 valence electrons. The highest BCUT2D eigenvalue weighted by atomic mass is 16.4. The number of amides is 1. The van der Waals surface area contributed by atoms with Crippen LogP contribution in [-0.4, -0.2) is 35.9 Å². The quantitative estimate of drug-likeness (QED) is 0.289. The number of hydrogen-bond acceptors (Lipinski definition) is 3. The molecule has 0 saturated heterocycles. The van der Waals surface area contributed by atoms with Crippen molar-refractivity contribution in [3.63, 3.8) is 0 Å². The number of nitrogens with two attached hydrogens (primary N) is 1. The van der Waals surface area contributed by atoms with Crippen LogP contribution in [0, 0.1) is 11.3 Å². The van der Waals surface area contributed by atoms with Crippen molar-refractivity contribution in [2.45, 2.75) is 19.8 Å². The summed E-state index contributed by atoms with van der Waals surface area (Å²) < 4.78 is 0. The predicted octanol–water partition coefficient (Wildman–Crippen LogP) is 0.237. The highest BCUT2D eigenvalue weighted by Gasteiger charge is 2.52. The Kier molecular flexibility index (Phi) is 2.69. The summed E-state index contributed by atoms with van der Waals surface area (Å²) in [5, 5.41) is 11.6. The monoisotopic (exact) mass is 199 g/mol. The molecule has 1 amide bonds. The Bertz CT molecular complexity index is 267. The fraction of sp³-hybridized carbons (Fsp3) is 0.778. The average Bonchev–Trinajstić information content (AvgIpc) is 2.09. The van der Waals surface area contributed by atoms with Gasteiger partial charge in [0, 0.05) is 14.1 Å². The third-order valence-corrected chi connectivity index (χ3v) is 2.81. The second-order valence-corrected chi connectivity index (χ2v) is 4.28. The van der Waals surface area contributed by atoms with E-state index in [1.807, 2.05) is 6.92 Å². The summed E-state index contributed by atoms with van der Waals surface area (Å²) in [5.74, 6) is 0.416. The first-order valence-corrected chi connectivity index (χ1v) is 4.64. The van der Waals surface area contributed by atoms with Crippen LogP contribution in [0.1, 0.15) is 19.8 Å². The number of nitrogens with zero attached hydrogens (tertiary/aromatic N) is 2. The van der Waals surface area contributed by atoms with Gasteiger partial charge in [-0.1, -0.05) is 12.1 Å². The van der Waals surface area contributed by atoms with Gasteiger partial charge in [0.05, 0.1) is 0 Å².